The highest BCUT2D eigenvalue weighted by Gasteiger charge is 2.18. The molecule has 0 aliphatic heterocycles. The first-order valence-electron chi connectivity index (χ1n) is 6.43. The fraction of sp³-hybridized carbons (Fsp3) is 0.133. The van der Waals surface area contributed by atoms with Gasteiger partial charge in [0.1, 0.15) is 5.75 Å². The molecular formula is C15H13ClN2O5. The topological polar surface area (TPSA) is 90.7 Å². The van der Waals surface area contributed by atoms with E-state index < -0.39 is 10.8 Å². The highest BCUT2D eigenvalue weighted by atomic mass is 35.5. The van der Waals surface area contributed by atoms with Crippen molar-refractivity contribution in [1.29, 1.82) is 0 Å². The average Bonchev–Trinajstić information content (AvgIpc) is 2.54. The van der Waals surface area contributed by atoms with Gasteiger partial charge in [0.05, 0.1) is 24.7 Å². The first-order chi connectivity index (χ1) is 11.0. The lowest BCUT2D eigenvalue weighted by atomic mass is 10.1. The monoisotopic (exact) mass is 336 g/mol. The summed E-state index contributed by atoms with van der Waals surface area (Å²) in [6, 6.07) is 8.73. The lowest BCUT2D eigenvalue weighted by Gasteiger charge is -2.10. The van der Waals surface area contributed by atoms with Crippen LogP contribution in [0.3, 0.4) is 0 Å². The van der Waals surface area contributed by atoms with Crippen LogP contribution in [-0.2, 0) is 0 Å². The number of amides is 1. The van der Waals surface area contributed by atoms with E-state index in [4.69, 9.17) is 21.1 Å². The number of methoxy groups -OCH3 is 2. The molecule has 23 heavy (non-hydrogen) atoms. The Bertz CT molecular complexity index is 764. The van der Waals surface area contributed by atoms with Crippen LogP contribution in [0.15, 0.2) is 36.4 Å². The number of carbonyl (C=O) groups excluding carboxylic acids is 1. The summed E-state index contributed by atoms with van der Waals surface area (Å²) in [5.74, 6) is -0.0490. The maximum absolute atomic E-state index is 12.3. The molecule has 0 fully saturated rings. The minimum Gasteiger partial charge on any atom is -0.496 e. The summed E-state index contributed by atoms with van der Waals surface area (Å²) in [4.78, 5) is 22.8. The predicted molar refractivity (Wildman–Crippen MR) is 85.6 cm³/mol. The number of nitrogens with one attached hydrogen (secondary N) is 1. The molecule has 0 unspecified atom stereocenters. The van der Waals surface area contributed by atoms with Gasteiger partial charge >= 0.3 is 5.69 Å². The zero-order valence-corrected chi connectivity index (χ0v) is 13.1. The first kappa shape index (κ1) is 16.6. The van der Waals surface area contributed by atoms with Gasteiger partial charge in [0.2, 0.25) is 0 Å². The Morgan fingerprint density at radius 3 is 2.39 bits per heavy atom. The molecule has 0 spiro atoms. The highest BCUT2D eigenvalue weighted by molar-refractivity contribution is 6.31. The van der Waals surface area contributed by atoms with E-state index in [0.29, 0.717) is 10.8 Å². The van der Waals surface area contributed by atoms with Gasteiger partial charge in [0.15, 0.2) is 5.75 Å². The molecule has 1 amide bonds. The second-order valence-electron chi connectivity index (χ2n) is 4.44. The molecule has 7 nitrogen and oxygen atoms in total. The molecule has 2 aromatic rings. The quantitative estimate of drug-likeness (QED) is 0.666. The van der Waals surface area contributed by atoms with Crippen molar-refractivity contribution in [3.05, 3.63) is 57.1 Å². The van der Waals surface area contributed by atoms with E-state index in [1.807, 2.05) is 0 Å². The SMILES string of the molecule is COc1ccc(Cl)cc1C(=O)Nc1ccc(OC)c([N+](=O)[O-])c1. The third-order valence-electron chi connectivity index (χ3n) is 3.04. The molecule has 120 valence electrons. The van der Waals surface area contributed by atoms with Gasteiger partial charge in [-0.25, -0.2) is 0 Å². The summed E-state index contributed by atoms with van der Waals surface area (Å²) in [6.45, 7) is 0. The molecule has 0 heterocycles. The van der Waals surface area contributed by atoms with E-state index in [1.165, 1.54) is 38.5 Å². The Labute approximate surface area is 136 Å². The Morgan fingerprint density at radius 1 is 1.13 bits per heavy atom. The van der Waals surface area contributed by atoms with Crippen molar-refractivity contribution in [2.45, 2.75) is 0 Å². The third-order valence-corrected chi connectivity index (χ3v) is 3.27. The normalized spacial score (nSPS) is 10.0. The van der Waals surface area contributed by atoms with Gasteiger partial charge in [-0.1, -0.05) is 11.6 Å². The number of benzene rings is 2. The minimum absolute atomic E-state index is 0.105. The molecule has 0 aromatic heterocycles. The van der Waals surface area contributed by atoms with Crippen LogP contribution in [0.5, 0.6) is 11.5 Å². The number of ether oxygens (including phenoxy) is 2. The predicted octanol–water partition coefficient (Wildman–Crippen LogP) is 3.52. The van der Waals surface area contributed by atoms with Crippen LogP contribution in [-0.4, -0.2) is 25.1 Å². The number of nitro groups is 1. The molecule has 1 N–H and O–H groups in total. The number of rotatable bonds is 5. The van der Waals surface area contributed by atoms with E-state index in [2.05, 4.69) is 5.32 Å². The van der Waals surface area contributed by atoms with Gasteiger partial charge in [-0.2, -0.15) is 0 Å². The van der Waals surface area contributed by atoms with Crippen LogP contribution < -0.4 is 14.8 Å². The fourth-order valence-corrected chi connectivity index (χ4v) is 2.14. The van der Waals surface area contributed by atoms with Gasteiger partial charge in [0, 0.05) is 16.8 Å². The average molecular weight is 337 g/mol. The molecule has 2 rings (SSSR count). The van der Waals surface area contributed by atoms with Gasteiger partial charge in [-0.3, -0.25) is 14.9 Å². The van der Waals surface area contributed by atoms with Crippen LogP contribution in [0.4, 0.5) is 11.4 Å². The Kier molecular flexibility index (Phi) is 5.02. The molecule has 0 saturated carbocycles. The second-order valence-corrected chi connectivity index (χ2v) is 4.88. The summed E-state index contributed by atoms with van der Waals surface area (Å²) < 4.78 is 10.0. The summed E-state index contributed by atoms with van der Waals surface area (Å²) in [5, 5.41) is 14.0. The lowest BCUT2D eigenvalue weighted by molar-refractivity contribution is -0.385. The maximum atomic E-state index is 12.3. The third kappa shape index (κ3) is 3.70. The van der Waals surface area contributed by atoms with Gasteiger partial charge < -0.3 is 14.8 Å². The van der Waals surface area contributed by atoms with E-state index in [1.54, 1.807) is 12.1 Å². The van der Waals surface area contributed by atoms with E-state index in [0.717, 1.165) is 0 Å². The summed E-state index contributed by atoms with van der Waals surface area (Å²) >= 11 is 5.89. The molecule has 0 atom stereocenters. The van der Waals surface area contributed by atoms with Crippen LogP contribution in [0.2, 0.25) is 5.02 Å². The molecule has 8 heteroatoms. The van der Waals surface area contributed by atoms with Gasteiger partial charge in [-0.05, 0) is 30.3 Å². The van der Waals surface area contributed by atoms with Crippen LogP contribution in [0, 0.1) is 10.1 Å². The lowest BCUT2D eigenvalue weighted by Crippen LogP contribution is -2.13. The standard InChI is InChI=1S/C15H13ClN2O5/c1-22-13-5-3-9(16)7-11(13)15(19)17-10-4-6-14(23-2)12(8-10)18(20)21/h3-8H,1-2H3,(H,17,19). The number of hydrogen-bond donors (Lipinski definition) is 1. The van der Waals surface area contributed by atoms with Crippen molar-refractivity contribution in [2.75, 3.05) is 19.5 Å². The van der Waals surface area contributed by atoms with Crippen molar-refractivity contribution < 1.29 is 19.2 Å². The van der Waals surface area contributed by atoms with Crippen molar-refractivity contribution in [2.24, 2.45) is 0 Å². The molecule has 0 radical (unpaired) electrons. The Balaban J connectivity index is 2.32. The zero-order chi connectivity index (χ0) is 17.0. The van der Waals surface area contributed by atoms with Crippen LogP contribution in [0.25, 0.3) is 0 Å². The van der Waals surface area contributed by atoms with Gasteiger partial charge in [0.25, 0.3) is 5.91 Å². The Morgan fingerprint density at radius 2 is 1.78 bits per heavy atom. The van der Waals surface area contributed by atoms with E-state index >= 15 is 0 Å². The smallest absolute Gasteiger partial charge is 0.312 e. The number of carbonyl (C=O) groups is 1. The molecule has 0 saturated heterocycles. The summed E-state index contributed by atoms with van der Waals surface area (Å²) in [5.41, 5.74) is 0.228. The zero-order valence-electron chi connectivity index (χ0n) is 12.3. The van der Waals surface area contributed by atoms with Crippen molar-refractivity contribution in [3.63, 3.8) is 0 Å². The highest BCUT2D eigenvalue weighted by Crippen LogP contribution is 2.30. The fourth-order valence-electron chi connectivity index (χ4n) is 1.97. The largest absolute Gasteiger partial charge is 0.496 e. The molecule has 0 aliphatic rings. The van der Waals surface area contributed by atoms with Crippen LogP contribution >= 0.6 is 11.6 Å². The van der Waals surface area contributed by atoms with E-state index in [9.17, 15) is 14.9 Å². The first-order valence-corrected chi connectivity index (χ1v) is 6.81. The number of nitro benzene ring substituents is 1. The number of anilines is 1. The van der Waals surface area contributed by atoms with Crippen LogP contribution in [0.1, 0.15) is 10.4 Å². The molecule has 2 aromatic carbocycles. The maximum Gasteiger partial charge on any atom is 0.312 e. The van der Waals surface area contributed by atoms with E-state index in [-0.39, 0.29) is 22.7 Å². The number of hydrogen-bond acceptors (Lipinski definition) is 5. The molecule has 0 bridgehead atoms. The number of nitrogens with zero attached hydrogens (tertiary/aromatic N) is 1. The van der Waals surface area contributed by atoms with Crippen molar-refractivity contribution in [3.8, 4) is 11.5 Å². The van der Waals surface area contributed by atoms with Crippen molar-refractivity contribution in [1.82, 2.24) is 0 Å². The molecule has 0 aliphatic carbocycles. The minimum atomic E-state index is -0.589. The van der Waals surface area contributed by atoms with Gasteiger partial charge in [-0.15, -0.1) is 0 Å². The second kappa shape index (κ2) is 6.97. The van der Waals surface area contributed by atoms with Crippen molar-refractivity contribution >= 4 is 28.9 Å². The molecular weight excluding hydrogens is 324 g/mol. The Hall–Kier alpha value is -2.80. The summed E-state index contributed by atoms with van der Waals surface area (Å²) in [7, 11) is 2.76. The number of halogens is 1. The summed E-state index contributed by atoms with van der Waals surface area (Å²) in [6.07, 6.45) is 0.